The number of hydrogen-bond donors (Lipinski definition) is 4. The van der Waals surface area contributed by atoms with Crippen molar-refractivity contribution >= 4 is 12.2 Å². The van der Waals surface area contributed by atoms with E-state index >= 15 is 0 Å². The molecule has 0 saturated carbocycles. The Morgan fingerprint density at radius 3 is 3.00 bits per heavy atom. The van der Waals surface area contributed by atoms with Gasteiger partial charge in [-0.15, -0.1) is 5.10 Å². The monoisotopic (exact) mass is 199 g/mol. The summed E-state index contributed by atoms with van der Waals surface area (Å²) in [6.45, 7) is 0. The predicted octanol–water partition coefficient (Wildman–Crippen LogP) is -0.487. The van der Waals surface area contributed by atoms with E-state index in [9.17, 15) is 0 Å². The molecule has 0 aliphatic rings. The summed E-state index contributed by atoms with van der Waals surface area (Å²) < 4.78 is 4.91. The van der Waals surface area contributed by atoms with Crippen LogP contribution < -0.4 is 11.2 Å². The average molecular weight is 199 g/mol. The Kier molecular flexibility index (Phi) is 3.61. The quantitative estimate of drug-likeness (QED) is 0.296. The van der Waals surface area contributed by atoms with Crippen molar-refractivity contribution in [3.05, 3.63) is 24.2 Å². The Bertz CT molecular complexity index is 318. The number of nitrogens with one attached hydrogen (secondary N) is 1. The van der Waals surface area contributed by atoms with Crippen LogP contribution in [0.2, 0.25) is 0 Å². The van der Waals surface area contributed by atoms with Crippen LogP contribution in [-0.2, 0) is 0 Å². The van der Waals surface area contributed by atoms with Gasteiger partial charge >= 0.3 is 0 Å². The molecule has 0 saturated heterocycles. The van der Waals surface area contributed by atoms with Crippen LogP contribution in [0.5, 0.6) is 0 Å². The van der Waals surface area contributed by atoms with E-state index in [-0.39, 0.29) is 11.3 Å². The standard InChI is InChI=1S/C6H9N5O3/c7-6(10-11(12)13)9-8-4-5-2-1-3-14-5/h1-4,12-13H,(H3,7,9,10). The third kappa shape index (κ3) is 3.67. The van der Waals surface area contributed by atoms with Crippen LogP contribution in [0.1, 0.15) is 5.76 Å². The minimum atomic E-state index is -0.332. The van der Waals surface area contributed by atoms with Crippen molar-refractivity contribution in [2.45, 2.75) is 0 Å². The average Bonchev–Trinajstić information content (AvgIpc) is 2.55. The Morgan fingerprint density at radius 2 is 2.43 bits per heavy atom. The topological polar surface area (TPSA) is 120 Å². The first-order chi connectivity index (χ1) is 6.68. The van der Waals surface area contributed by atoms with Crippen molar-refractivity contribution in [3.63, 3.8) is 0 Å². The van der Waals surface area contributed by atoms with Crippen LogP contribution in [0.15, 0.2) is 33.0 Å². The van der Waals surface area contributed by atoms with E-state index in [0.717, 1.165) is 0 Å². The molecule has 8 nitrogen and oxygen atoms in total. The minimum Gasteiger partial charge on any atom is -0.463 e. The molecule has 0 atom stereocenters. The molecule has 0 aliphatic carbocycles. The van der Waals surface area contributed by atoms with Gasteiger partial charge in [-0.2, -0.15) is 5.10 Å². The summed E-state index contributed by atoms with van der Waals surface area (Å²) in [5.41, 5.74) is 7.00. The first-order valence-electron chi connectivity index (χ1n) is 3.53. The smallest absolute Gasteiger partial charge is 0.232 e. The highest BCUT2D eigenvalue weighted by Gasteiger charge is 1.93. The van der Waals surface area contributed by atoms with Crippen LogP contribution in [0.4, 0.5) is 0 Å². The van der Waals surface area contributed by atoms with E-state index in [2.05, 4.69) is 10.2 Å². The maximum atomic E-state index is 8.25. The Hall–Kier alpha value is -1.90. The van der Waals surface area contributed by atoms with Gasteiger partial charge in [0.05, 0.1) is 12.5 Å². The molecule has 0 bridgehead atoms. The second-order valence-electron chi connectivity index (χ2n) is 2.15. The number of rotatable bonds is 3. The molecular formula is C6H9N5O3. The summed E-state index contributed by atoms with van der Waals surface area (Å²) in [5.74, 6) is 0.226. The van der Waals surface area contributed by atoms with Crippen molar-refractivity contribution in [2.75, 3.05) is 0 Å². The Balaban J connectivity index is 2.45. The molecule has 14 heavy (non-hydrogen) atoms. The summed E-state index contributed by atoms with van der Waals surface area (Å²) in [6.07, 6.45) is 2.80. The second-order valence-corrected chi connectivity index (χ2v) is 2.15. The van der Waals surface area contributed by atoms with E-state index in [1.807, 2.05) is 5.43 Å². The van der Waals surface area contributed by atoms with Crippen LogP contribution in [-0.4, -0.2) is 27.9 Å². The van der Waals surface area contributed by atoms with Crippen LogP contribution in [0.25, 0.3) is 0 Å². The van der Waals surface area contributed by atoms with E-state index in [1.165, 1.54) is 12.5 Å². The molecule has 0 spiro atoms. The molecule has 0 unspecified atom stereocenters. The van der Waals surface area contributed by atoms with Crippen molar-refractivity contribution in [1.82, 2.24) is 10.8 Å². The lowest BCUT2D eigenvalue weighted by molar-refractivity contribution is -0.329. The van der Waals surface area contributed by atoms with Gasteiger partial charge in [0.2, 0.25) is 5.96 Å². The maximum Gasteiger partial charge on any atom is 0.232 e. The summed E-state index contributed by atoms with van der Waals surface area (Å²) in [5, 5.41) is 23.0. The third-order valence-corrected chi connectivity index (χ3v) is 1.11. The molecule has 8 heteroatoms. The van der Waals surface area contributed by atoms with E-state index in [0.29, 0.717) is 5.76 Å². The van der Waals surface area contributed by atoms with Gasteiger partial charge in [-0.1, -0.05) is 0 Å². The zero-order chi connectivity index (χ0) is 10.4. The number of hydrogen-bond acceptors (Lipinski definition) is 6. The highest BCUT2D eigenvalue weighted by molar-refractivity contribution is 5.79. The minimum absolute atomic E-state index is 0.280. The summed E-state index contributed by atoms with van der Waals surface area (Å²) in [4.78, 5) is 0. The van der Waals surface area contributed by atoms with Crippen LogP contribution in [0.3, 0.4) is 0 Å². The molecule has 0 radical (unpaired) electrons. The number of nitrogens with zero attached hydrogens (tertiary/aromatic N) is 3. The first kappa shape index (κ1) is 10.2. The largest absolute Gasteiger partial charge is 0.463 e. The van der Waals surface area contributed by atoms with Gasteiger partial charge in [0.1, 0.15) is 5.76 Å². The molecule has 1 heterocycles. The van der Waals surface area contributed by atoms with Gasteiger partial charge in [-0.05, 0) is 12.1 Å². The summed E-state index contributed by atoms with van der Waals surface area (Å²) in [7, 11) is 0. The molecule has 1 rings (SSSR count). The molecule has 0 aliphatic heterocycles. The van der Waals surface area contributed by atoms with Gasteiger partial charge < -0.3 is 10.2 Å². The normalized spacial score (nSPS) is 12.6. The van der Waals surface area contributed by atoms with E-state index in [1.54, 1.807) is 12.1 Å². The zero-order valence-corrected chi connectivity index (χ0v) is 7.03. The van der Waals surface area contributed by atoms with E-state index in [4.69, 9.17) is 20.6 Å². The highest BCUT2D eigenvalue weighted by atomic mass is 16.8. The number of guanidine groups is 1. The molecule has 1 aromatic rings. The zero-order valence-electron chi connectivity index (χ0n) is 7.03. The van der Waals surface area contributed by atoms with Gasteiger partial charge in [0.15, 0.2) is 0 Å². The van der Waals surface area contributed by atoms with Gasteiger partial charge in [0.25, 0.3) is 0 Å². The van der Waals surface area contributed by atoms with Crippen LogP contribution in [0, 0.1) is 0 Å². The fraction of sp³-hybridized carbons (Fsp3) is 0. The maximum absolute atomic E-state index is 8.25. The number of furan rings is 1. The summed E-state index contributed by atoms with van der Waals surface area (Å²) in [6, 6.07) is 3.36. The van der Waals surface area contributed by atoms with Crippen molar-refractivity contribution in [2.24, 2.45) is 15.9 Å². The van der Waals surface area contributed by atoms with E-state index < -0.39 is 0 Å². The lowest BCUT2D eigenvalue weighted by Crippen LogP contribution is -2.41. The van der Waals surface area contributed by atoms with Gasteiger partial charge in [-0.25, -0.2) is 5.43 Å². The molecular weight excluding hydrogens is 190 g/mol. The fourth-order valence-electron chi connectivity index (χ4n) is 0.638. The lowest BCUT2D eigenvalue weighted by atomic mass is 10.5. The van der Waals surface area contributed by atoms with Gasteiger partial charge in [-0.3, -0.25) is 10.4 Å². The number of hydrazine groups is 1. The highest BCUT2D eigenvalue weighted by Crippen LogP contribution is 1.94. The van der Waals surface area contributed by atoms with Crippen molar-refractivity contribution < 1.29 is 14.8 Å². The molecule has 0 aromatic carbocycles. The molecule has 76 valence electrons. The lowest BCUT2D eigenvalue weighted by Gasteiger charge is -2.05. The Morgan fingerprint density at radius 1 is 1.64 bits per heavy atom. The Labute approximate surface area is 78.8 Å². The number of nitrogens with two attached hydrogens (primary N) is 1. The molecule has 1 aromatic heterocycles. The van der Waals surface area contributed by atoms with Crippen molar-refractivity contribution in [3.8, 4) is 0 Å². The molecule has 5 N–H and O–H groups in total. The first-order valence-corrected chi connectivity index (χ1v) is 3.53. The van der Waals surface area contributed by atoms with Crippen molar-refractivity contribution in [1.29, 1.82) is 0 Å². The molecule has 0 amide bonds. The fourth-order valence-corrected chi connectivity index (χ4v) is 0.638. The second kappa shape index (κ2) is 4.97. The predicted molar refractivity (Wildman–Crippen MR) is 46.5 cm³/mol. The summed E-state index contributed by atoms with van der Waals surface area (Å²) >= 11 is 0. The third-order valence-electron chi connectivity index (χ3n) is 1.11. The SMILES string of the molecule is NC(=NN=Cc1ccco1)NN(O)O. The van der Waals surface area contributed by atoms with Gasteiger partial charge in [0, 0.05) is 5.34 Å². The van der Waals surface area contributed by atoms with Crippen LogP contribution >= 0.6 is 0 Å². The molecule has 0 fully saturated rings.